The van der Waals surface area contributed by atoms with Crippen LogP contribution >= 0.6 is 11.6 Å². The lowest BCUT2D eigenvalue weighted by molar-refractivity contribution is 0.130. The molecule has 1 fully saturated rings. The first kappa shape index (κ1) is 9.04. The van der Waals surface area contributed by atoms with Crippen molar-refractivity contribution in [2.24, 2.45) is 5.92 Å². The summed E-state index contributed by atoms with van der Waals surface area (Å²) in [6.07, 6.45) is 1.91. The Bertz CT molecular complexity index is 324. The quantitative estimate of drug-likeness (QED) is 0.771. The molecule has 0 aliphatic heterocycles. The maximum atomic E-state index is 10.1. The van der Waals surface area contributed by atoms with E-state index in [1.165, 1.54) is 0 Å². The van der Waals surface area contributed by atoms with Gasteiger partial charge in [-0.15, -0.1) is 0 Å². The van der Waals surface area contributed by atoms with Crippen LogP contribution in [-0.4, -0.2) is 5.11 Å². The highest BCUT2D eigenvalue weighted by atomic mass is 35.5. The summed E-state index contributed by atoms with van der Waals surface area (Å²) in [6, 6.07) is 7.52. The third kappa shape index (κ3) is 1.47. The summed E-state index contributed by atoms with van der Waals surface area (Å²) in [6.45, 7) is 2.10. The van der Waals surface area contributed by atoms with Gasteiger partial charge in [0.25, 0.3) is 0 Å². The van der Waals surface area contributed by atoms with Gasteiger partial charge in [-0.25, -0.2) is 0 Å². The monoisotopic (exact) mass is 196 g/mol. The molecule has 1 N–H and O–H groups in total. The zero-order valence-electron chi connectivity index (χ0n) is 7.63. The van der Waals surface area contributed by atoms with E-state index in [0.717, 1.165) is 18.4 Å². The predicted molar refractivity (Wildman–Crippen MR) is 53.7 cm³/mol. The minimum absolute atomic E-state index is 0.422. The van der Waals surface area contributed by atoms with Crippen LogP contribution in [0, 0.1) is 5.92 Å². The molecule has 0 radical (unpaired) electrons. The van der Waals surface area contributed by atoms with E-state index in [1.54, 1.807) is 0 Å². The summed E-state index contributed by atoms with van der Waals surface area (Å²) in [7, 11) is 0. The van der Waals surface area contributed by atoms with E-state index in [0.29, 0.717) is 10.9 Å². The molecule has 2 atom stereocenters. The van der Waals surface area contributed by atoms with Gasteiger partial charge in [-0.1, -0.05) is 37.1 Å². The Balaban J connectivity index is 2.27. The van der Waals surface area contributed by atoms with Gasteiger partial charge >= 0.3 is 0 Å². The Labute approximate surface area is 83.3 Å². The van der Waals surface area contributed by atoms with Crippen molar-refractivity contribution in [3.05, 3.63) is 34.9 Å². The Morgan fingerprint density at radius 1 is 1.62 bits per heavy atom. The summed E-state index contributed by atoms with van der Waals surface area (Å²) >= 11 is 5.86. The van der Waals surface area contributed by atoms with Crippen LogP contribution in [0.5, 0.6) is 0 Å². The number of hydrogen-bond donors (Lipinski definition) is 1. The van der Waals surface area contributed by atoms with Crippen LogP contribution < -0.4 is 0 Å². The lowest BCUT2D eigenvalue weighted by Gasteiger charge is -2.10. The maximum absolute atomic E-state index is 10.1. The van der Waals surface area contributed by atoms with E-state index >= 15 is 0 Å². The average molecular weight is 197 g/mol. The second-order valence-electron chi connectivity index (χ2n) is 3.74. The lowest BCUT2D eigenvalue weighted by atomic mass is 10.1. The number of hydrogen-bond acceptors (Lipinski definition) is 1. The molecular weight excluding hydrogens is 184 g/mol. The second kappa shape index (κ2) is 3.00. The topological polar surface area (TPSA) is 20.2 Å². The molecule has 0 amide bonds. The van der Waals surface area contributed by atoms with Crippen molar-refractivity contribution in [1.29, 1.82) is 0 Å². The van der Waals surface area contributed by atoms with Crippen molar-refractivity contribution in [2.75, 3.05) is 0 Å². The molecule has 0 bridgehead atoms. The summed E-state index contributed by atoms with van der Waals surface area (Å²) in [5.41, 5.74) is 0.381. The summed E-state index contributed by atoms with van der Waals surface area (Å²) < 4.78 is 0. The fourth-order valence-corrected chi connectivity index (χ4v) is 2.10. The summed E-state index contributed by atoms with van der Waals surface area (Å²) in [5.74, 6) is 0.422. The van der Waals surface area contributed by atoms with E-state index < -0.39 is 5.60 Å². The van der Waals surface area contributed by atoms with Gasteiger partial charge < -0.3 is 5.11 Å². The SMILES string of the molecule is CCC1CC1(O)c1cccc(Cl)c1. The Kier molecular flexibility index (Phi) is 2.09. The highest BCUT2D eigenvalue weighted by molar-refractivity contribution is 6.30. The smallest absolute Gasteiger partial charge is 0.0930 e. The zero-order chi connectivity index (χ0) is 9.47. The van der Waals surface area contributed by atoms with Crippen LogP contribution in [0.3, 0.4) is 0 Å². The number of rotatable bonds is 2. The highest BCUT2D eigenvalue weighted by Gasteiger charge is 2.52. The molecule has 0 aromatic heterocycles. The molecule has 1 aliphatic carbocycles. The van der Waals surface area contributed by atoms with Crippen LogP contribution in [0.15, 0.2) is 24.3 Å². The Hall–Kier alpha value is -0.530. The van der Waals surface area contributed by atoms with E-state index in [4.69, 9.17) is 11.6 Å². The van der Waals surface area contributed by atoms with Crippen LogP contribution in [0.2, 0.25) is 5.02 Å². The molecule has 13 heavy (non-hydrogen) atoms. The fourth-order valence-electron chi connectivity index (χ4n) is 1.91. The maximum Gasteiger partial charge on any atom is 0.0930 e. The Morgan fingerprint density at radius 3 is 2.92 bits per heavy atom. The molecule has 70 valence electrons. The van der Waals surface area contributed by atoms with Gasteiger partial charge in [-0.3, -0.25) is 0 Å². The van der Waals surface area contributed by atoms with E-state index in [1.807, 2.05) is 24.3 Å². The van der Waals surface area contributed by atoms with Crippen molar-refractivity contribution in [3.63, 3.8) is 0 Å². The van der Waals surface area contributed by atoms with Gasteiger partial charge in [0.1, 0.15) is 0 Å². The first-order valence-corrected chi connectivity index (χ1v) is 5.03. The normalized spacial score (nSPS) is 31.8. The molecular formula is C11H13ClO. The minimum Gasteiger partial charge on any atom is -0.385 e. The van der Waals surface area contributed by atoms with Crippen LogP contribution in [0.1, 0.15) is 25.3 Å². The summed E-state index contributed by atoms with van der Waals surface area (Å²) in [5, 5.41) is 10.8. The molecule has 2 heteroatoms. The van der Waals surface area contributed by atoms with Gasteiger partial charge in [0.2, 0.25) is 0 Å². The van der Waals surface area contributed by atoms with E-state index in [9.17, 15) is 5.11 Å². The van der Waals surface area contributed by atoms with Gasteiger partial charge in [0.05, 0.1) is 5.60 Å². The van der Waals surface area contributed by atoms with Crippen molar-refractivity contribution in [2.45, 2.75) is 25.4 Å². The first-order valence-electron chi connectivity index (χ1n) is 4.65. The number of halogens is 1. The fraction of sp³-hybridized carbons (Fsp3) is 0.455. The minimum atomic E-state index is -0.584. The van der Waals surface area contributed by atoms with Crippen LogP contribution in [0.25, 0.3) is 0 Å². The molecule has 0 heterocycles. The van der Waals surface area contributed by atoms with Crippen LogP contribution in [-0.2, 0) is 5.60 Å². The molecule has 1 nitrogen and oxygen atoms in total. The van der Waals surface area contributed by atoms with Crippen molar-refractivity contribution < 1.29 is 5.11 Å². The van der Waals surface area contributed by atoms with E-state index in [2.05, 4.69) is 6.92 Å². The van der Waals surface area contributed by atoms with Crippen LogP contribution in [0.4, 0.5) is 0 Å². The highest BCUT2D eigenvalue weighted by Crippen LogP contribution is 2.53. The number of aliphatic hydroxyl groups is 1. The molecule has 1 aromatic rings. The standard InChI is InChI=1S/C11H13ClO/c1-2-8-7-11(8,13)9-4-3-5-10(12)6-9/h3-6,8,13H,2,7H2,1H3. The third-order valence-electron chi connectivity index (χ3n) is 2.89. The van der Waals surface area contributed by atoms with Gasteiger partial charge in [0.15, 0.2) is 0 Å². The van der Waals surface area contributed by atoms with Crippen molar-refractivity contribution in [3.8, 4) is 0 Å². The van der Waals surface area contributed by atoms with Crippen molar-refractivity contribution >= 4 is 11.6 Å². The molecule has 1 aliphatic rings. The van der Waals surface area contributed by atoms with Gasteiger partial charge in [0, 0.05) is 5.02 Å². The van der Waals surface area contributed by atoms with Gasteiger partial charge in [-0.05, 0) is 30.0 Å². The molecule has 2 rings (SSSR count). The third-order valence-corrected chi connectivity index (χ3v) is 3.13. The lowest BCUT2D eigenvalue weighted by Crippen LogP contribution is -2.07. The predicted octanol–water partition coefficient (Wildman–Crippen LogP) is 2.96. The van der Waals surface area contributed by atoms with Gasteiger partial charge in [-0.2, -0.15) is 0 Å². The zero-order valence-corrected chi connectivity index (χ0v) is 8.38. The van der Waals surface area contributed by atoms with Crippen molar-refractivity contribution in [1.82, 2.24) is 0 Å². The number of benzene rings is 1. The average Bonchev–Trinajstić information content (AvgIpc) is 2.79. The first-order chi connectivity index (χ1) is 6.16. The second-order valence-corrected chi connectivity index (χ2v) is 4.18. The molecule has 1 aromatic carbocycles. The molecule has 2 unspecified atom stereocenters. The largest absolute Gasteiger partial charge is 0.385 e. The Morgan fingerprint density at radius 2 is 2.38 bits per heavy atom. The molecule has 0 saturated heterocycles. The van der Waals surface area contributed by atoms with E-state index in [-0.39, 0.29) is 0 Å². The summed E-state index contributed by atoms with van der Waals surface area (Å²) in [4.78, 5) is 0. The molecule has 0 spiro atoms. The molecule has 1 saturated carbocycles.